The monoisotopic (exact) mass is 562 g/mol. The predicted molar refractivity (Wildman–Crippen MR) is 169 cm³/mol. The SMILES string of the molecule is CCCCCCCCCCCCN=CN1CCC(C(c2ccccc2)c2ccccc2)CC1.O=C(O)C=CC(=O)O. The molecule has 2 aromatic rings. The minimum Gasteiger partial charge on any atom is -0.478 e. The molecule has 0 amide bonds. The van der Waals surface area contributed by atoms with Gasteiger partial charge in [0.1, 0.15) is 0 Å². The number of benzene rings is 2. The van der Waals surface area contributed by atoms with Crippen LogP contribution in [0.1, 0.15) is 101 Å². The van der Waals surface area contributed by atoms with Crippen LogP contribution < -0.4 is 0 Å². The van der Waals surface area contributed by atoms with Gasteiger partial charge in [0.2, 0.25) is 0 Å². The number of nitrogens with zero attached hydrogens (tertiary/aromatic N) is 2. The Morgan fingerprint density at radius 1 is 0.756 bits per heavy atom. The van der Waals surface area contributed by atoms with Gasteiger partial charge in [-0.25, -0.2) is 9.59 Å². The van der Waals surface area contributed by atoms with Crippen molar-refractivity contribution in [1.29, 1.82) is 0 Å². The molecular weight excluding hydrogens is 512 g/mol. The van der Waals surface area contributed by atoms with Crippen LogP contribution in [0.15, 0.2) is 77.8 Å². The molecule has 1 fully saturated rings. The number of aliphatic imine (C=N–C) groups is 1. The molecule has 3 rings (SSSR count). The molecule has 1 aliphatic heterocycles. The highest BCUT2D eigenvalue weighted by Gasteiger charge is 2.28. The minimum atomic E-state index is -1.26. The van der Waals surface area contributed by atoms with E-state index >= 15 is 0 Å². The molecule has 1 aliphatic rings. The number of aliphatic carboxylic acids is 2. The summed E-state index contributed by atoms with van der Waals surface area (Å²) >= 11 is 0. The van der Waals surface area contributed by atoms with E-state index in [1.54, 1.807) is 0 Å². The molecule has 0 unspecified atom stereocenters. The Morgan fingerprint density at radius 3 is 1.63 bits per heavy atom. The van der Waals surface area contributed by atoms with E-state index in [9.17, 15) is 9.59 Å². The summed E-state index contributed by atoms with van der Waals surface area (Å²) in [5, 5.41) is 15.6. The molecule has 0 aliphatic carbocycles. The second-order valence-corrected chi connectivity index (χ2v) is 10.9. The van der Waals surface area contributed by atoms with Crippen molar-refractivity contribution >= 4 is 18.3 Å². The number of carboxylic acid groups (broad SMARTS) is 2. The van der Waals surface area contributed by atoms with Crippen LogP contribution in [0.3, 0.4) is 0 Å². The average Bonchev–Trinajstić information content (AvgIpc) is 2.99. The van der Waals surface area contributed by atoms with Gasteiger partial charge in [-0.1, -0.05) is 125 Å². The Morgan fingerprint density at radius 2 is 1.20 bits per heavy atom. The van der Waals surface area contributed by atoms with E-state index in [4.69, 9.17) is 15.2 Å². The maximum Gasteiger partial charge on any atom is 0.328 e. The molecule has 1 heterocycles. The van der Waals surface area contributed by atoms with Gasteiger partial charge in [0.05, 0.1) is 6.34 Å². The number of hydrogen-bond donors (Lipinski definition) is 2. The van der Waals surface area contributed by atoms with E-state index in [1.807, 2.05) is 0 Å². The first-order valence-corrected chi connectivity index (χ1v) is 15.5. The predicted octanol–water partition coefficient (Wildman–Crippen LogP) is 8.19. The van der Waals surface area contributed by atoms with Crippen molar-refractivity contribution in [2.45, 2.75) is 89.9 Å². The second-order valence-electron chi connectivity index (χ2n) is 10.9. The Kier molecular flexibility index (Phi) is 17.6. The number of unbranched alkanes of at least 4 members (excludes halogenated alkanes) is 9. The summed E-state index contributed by atoms with van der Waals surface area (Å²) in [6.45, 7) is 5.54. The van der Waals surface area contributed by atoms with Crippen LogP contribution in [0.4, 0.5) is 0 Å². The van der Waals surface area contributed by atoms with Gasteiger partial charge in [-0.3, -0.25) is 4.99 Å². The van der Waals surface area contributed by atoms with Crippen LogP contribution in [0, 0.1) is 5.92 Å². The quantitative estimate of drug-likeness (QED) is 0.0878. The van der Waals surface area contributed by atoms with E-state index in [-0.39, 0.29) is 0 Å². The Hall–Kier alpha value is -3.41. The van der Waals surface area contributed by atoms with Gasteiger partial charge in [0.15, 0.2) is 0 Å². The molecule has 0 bridgehead atoms. The average molecular weight is 563 g/mol. The van der Waals surface area contributed by atoms with Crippen LogP contribution in [0.2, 0.25) is 0 Å². The lowest BCUT2D eigenvalue weighted by atomic mass is 9.76. The van der Waals surface area contributed by atoms with Crippen LogP contribution in [0.25, 0.3) is 0 Å². The smallest absolute Gasteiger partial charge is 0.328 e. The highest BCUT2D eigenvalue weighted by atomic mass is 16.4. The van der Waals surface area contributed by atoms with Crippen molar-refractivity contribution in [3.63, 3.8) is 0 Å². The fraction of sp³-hybridized carbons (Fsp3) is 0.514. The third-order valence-corrected chi connectivity index (χ3v) is 7.62. The third kappa shape index (κ3) is 15.2. The number of hydrogen-bond acceptors (Lipinski definition) is 3. The third-order valence-electron chi connectivity index (χ3n) is 7.62. The summed E-state index contributed by atoms with van der Waals surface area (Å²) in [5.74, 6) is -1.32. The van der Waals surface area contributed by atoms with Crippen molar-refractivity contribution in [2.75, 3.05) is 19.6 Å². The summed E-state index contributed by atoms with van der Waals surface area (Å²) in [7, 11) is 0. The lowest BCUT2D eigenvalue weighted by molar-refractivity contribution is -0.134. The normalized spacial score (nSPS) is 14.0. The fourth-order valence-corrected chi connectivity index (χ4v) is 5.43. The Balaban J connectivity index is 0.000000642. The van der Waals surface area contributed by atoms with Gasteiger partial charge in [0.25, 0.3) is 0 Å². The van der Waals surface area contributed by atoms with Crippen LogP contribution in [-0.4, -0.2) is 53.0 Å². The first-order chi connectivity index (χ1) is 20.0. The highest BCUT2D eigenvalue weighted by Crippen LogP contribution is 2.37. The molecule has 0 spiro atoms. The first kappa shape index (κ1) is 33.8. The second kappa shape index (κ2) is 21.4. The van der Waals surface area contributed by atoms with E-state index < -0.39 is 11.9 Å². The fourth-order valence-electron chi connectivity index (χ4n) is 5.43. The first-order valence-electron chi connectivity index (χ1n) is 15.5. The van der Waals surface area contributed by atoms with Crippen LogP contribution >= 0.6 is 0 Å². The summed E-state index contributed by atoms with van der Waals surface area (Å²) < 4.78 is 0. The largest absolute Gasteiger partial charge is 0.478 e. The molecule has 224 valence electrons. The molecule has 0 saturated carbocycles. The molecular formula is C35H50N2O4. The zero-order chi connectivity index (χ0) is 29.5. The summed E-state index contributed by atoms with van der Waals surface area (Å²) in [6, 6.07) is 22.2. The number of carboxylic acids is 2. The van der Waals surface area contributed by atoms with E-state index in [0.29, 0.717) is 24.0 Å². The maximum absolute atomic E-state index is 9.55. The van der Waals surface area contributed by atoms with Gasteiger partial charge < -0.3 is 15.1 Å². The summed E-state index contributed by atoms with van der Waals surface area (Å²) in [6.07, 6.45) is 19.6. The van der Waals surface area contributed by atoms with Crippen LogP contribution in [-0.2, 0) is 9.59 Å². The van der Waals surface area contributed by atoms with Crippen molar-refractivity contribution in [3.05, 3.63) is 83.9 Å². The van der Waals surface area contributed by atoms with E-state index in [2.05, 4.69) is 78.8 Å². The lowest BCUT2D eigenvalue weighted by Gasteiger charge is -2.36. The summed E-state index contributed by atoms with van der Waals surface area (Å²) in [5.41, 5.74) is 2.91. The minimum absolute atomic E-state index is 0.498. The van der Waals surface area contributed by atoms with Crippen molar-refractivity contribution < 1.29 is 19.8 Å². The number of piperidine rings is 1. The molecule has 2 N–H and O–H groups in total. The van der Waals surface area contributed by atoms with Crippen molar-refractivity contribution in [1.82, 2.24) is 4.90 Å². The maximum atomic E-state index is 9.55. The zero-order valence-electron chi connectivity index (χ0n) is 24.9. The molecule has 6 nitrogen and oxygen atoms in total. The molecule has 6 heteroatoms. The number of rotatable bonds is 17. The van der Waals surface area contributed by atoms with Crippen molar-refractivity contribution in [2.24, 2.45) is 10.9 Å². The lowest BCUT2D eigenvalue weighted by Crippen LogP contribution is -2.35. The zero-order valence-corrected chi connectivity index (χ0v) is 24.9. The summed E-state index contributed by atoms with van der Waals surface area (Å²) in [4.78, 5) is 26.3. The van der Waals surface area contributed by atoms with Gasteiger partial charge in [0, 0.05) is 37.7 Å². The van der Waals surface area contributed by atoms with Crippen LogP contribution in [0.5, 0.6) is 0 Å². The molecule has 2 aromatic carbocycles. The standard InChI is InChI=1S/C31H46N2.C4H4O4/c1-2-3-4-5-6-7-8-9-10-17-24-32-27-33-25-22-30(23-26-33)31(28-18-13-11-14-19-28)29-20-15-12-16-21-29;5-3(6)1-2-4(7)8/h11-16,18-21,27,30-31H,2-10,17,22-26H2,1H3;1-2H,(H,5,6)(H,7,8). The van der Waals surface area contributed by atoms with Gasteiger partial charge in [-0.15, -0.1) is 0 Å². The van der Waals surface area contributed by atoms with Gasteiger partial charge >= 0.3 is 11.9 Å². The molecule has 41 heavy (non-hydrogen) atoms. The number of likely N-dealkylation sites (tertiary alicyclic amines) is 1. The number of carbonyl (C=O) groups is 2. The van der Waals surface area contributed by atoms with Crippen molar-refractivity contribution in [3.8, 4) is 0 Å². The molecule has 0 radical (unpaired) electrons. The molecule has 0 aromatic heterocycles. The van der Waals surface area contributed by atoms with E-state index in [1.165, 1.54) is 88.2 Å². The Labute approximate surface area is 247 Å². The van der Waals surface area contributed by atoms with E-state index in [0.717, 1.165) is 19.6 Å². The molecule has 0 atom stereocenters. The molecule has 1 saturated heterocycles. The highest BCUT2D eigenvalue weighted by molar-refractivity contribution is 5.89. The van der Waals surface area contributed by atoms with Gasteiger partial charge in [-0.2, -0.15) is 0 Å². The topological polar surface area (TPSA) is 90.2 Å². The Bertz CT molecular complexity index is 959. The van der Waals surface area contributed by atoms with Gasteiger partial charge in [-0.05, 0) is 36.3 Å².